The highest BCUT2D eigenvalue weighted by molar-refractivity contribution is 5.68. The minimum atomic E-state index is -0.130. The zero-order valence-electron chi connectivity index (χ0n) is 11.7. The summed E-state index contributed by atoms with van der Waals surface area (Å²) < 4.78 is 1.77. The third kappa shape index (κ3) is 2.13. The van der Waals surface area contributed by atoms with E-state index in [0.717, 1.165) is 11.3 Å². The second-order valence-corrected chi connectivity index (χ2v) is 5.79. The number of aryl methyl sites for hydroxylation is 2. The van der Waals surface area contributed by atoms with Crippen molar-refractivity contribution in [3.8, 4) is 17.0 Å². The Morgan fingerprint density at radius 1 is 1.11 bits per heavy atom. The molecular weight excluding hydrogens is 224 g/mol. The van der Waals surface area contributed by atoms with E-state index in [2.05, 4.69) is 25.9 Å². The predicted molar refractivity (Wildman–Crippen MR) is 73.7 cm³/mol. The van der Waals surface area contributed by atoms with Gasteiger partial charge in [-0.05, 0) is 6.92 Å². The number of hydrogen-bond acceptors (Lipinski definition) is 2. The van der Waals surface area contributed by atoms with Crippen LogP contribution in [0.25, 0.3) is 11.3 Å². The van der Waals surface area contributed by atoms with Crippen molar-refractivity contribution in [3.05, 3.63) is 35.5 Å². The van der Waals surface area contributed by atoms with Crippen molar-refractivity contribution < 1.29 is 5.11 Å². The molecule has 0 atom stereocenters. The van der Waals surface area contributed by atoms with Crippen LogP contribution in [0.2, 0.25) is 0 Å². The molecule has 0 bridgehead atoms. The highest BCUT2D eigenvalue weighted by Crippen LogP contribution is 2.37. The van der Waals surface area contributed by atoms with Crippen LogP contribution >= 0.6 is 0 Å². The average molecular weight is 244 g/mol. The number of rotatable bonds is 1. The Morgan fingerprint density at radius 2 is 1.67 bits per heavy atom. The Balaban J connectivity index is 2.57. The maximum Gasteiger partial charge on any atom is 0.165 e. The SMILES string of the molecule is Cc1ccc(-c2nn(C)c(C(C)(C)C)c2O)cc1. The van der Waals surface area contributed by atoms with Gasteiger partial charge in [-0.1, -0.05) is 50.6 Å². The lowest BCUT2D eigenvalue weighted by molar-refractivity contribution is 0.435. The van der Waals surface area contributed by atoms with Crippen LogP contribution < -0.4 is 0 Å². The highest BCUT2D eigenvalue weighted by Gasteiger charge is 2.26. The first-order valence-corrected chi connectivity index (χ1v) is 6.14. The van der Waals surface area contributed by atoms with Gasteiger partial charge in [0.1, 0.15) is 5.69 Å². The molecule has 1 aromatic heterocycles. The molecule has 2 aromatic rings. The lowest BCUT2D eigenvalue weighted by atomic mass is 9.90. The first kappa shape index (κ1) is 12.7. The number of aromatic hydroxyl groups is 1. The number of hydrogen-bond donors (Lipinski definition) is 1. The first-order valence-electron chi connectivity index (χ1n) is 6.14. The molecule has 1 N–H and O–H groups in total. The molecule has 0 amide bonds. The maximum absolute atomic E-state index is 10.4. The van der Waals surface area contributed by atoms with E-state index in [0.29, 0.717) is 5.69 Å². The Hall–Kier alpha value is -1.77. The smallest absolute Gasteiger partial charge is 0.165 e. The van der Waals surface area contributed by atoms with Gasteiger partial charge in [0.15, 0.2) is 5.75 Å². The van der Waals surface area contributed by atoms with Crippen molar-refractivity contribution in [3.63, 3.8) is 0 Å². The Labute approximate surface area is 108 Å². The largest absolute Gasteiger partial charge is 0.504 e. The molecule has 0 aliphatic heterocycles. The van der Waals surface area contributed by atoms with Crippen molar-refractivity contribution in [1.29, 1.82) is 0 Å². The fourth-order valence-corrected chi connectivity index (χ4v) is 2.26. The summed E-state index contributed by atoms with van der Waals surface area (Å²) >= 11 is 0. The molecule has 0 fully saturated rings. The Bertz CT molecular complexity index is 559. The lowest BCUT2D eigenvalue weighted by Crippen LogP contribution is -2.16. The van der Waals surface area contributed by atoms with E-state index >= 15 is 0 Å². The summed E-state index contributed by atoms with van der Waals surface area (Å²) in [7, 11) is 1.87. The lowest BCUT2D eigenvalue weighted by Gasteiger charge is -2.18. The van der Waals surface area contributed by atoms with Crippen LogP contribution in [0.15, 0.2) is 24.3 Å². The molecule has 0 saturated heterocycles. The van der Waals surface area contributed by atoms with E-state index in [1.807, 2.05) is 38.2 Å². The van der Waals surface area contributed by atoms with Gasteiger partial charge < -0.3 is 5.11 Å². The van der Waals surface area contributed by atoms with Crippen LogP contribution in [0, 0.1) is 6.92 Å². The van der Waals surface area contributed by atoms with Gasteiger partial charge in [0, 0.05) is 18.0 Å². The molecule has 0 unspecified atom stereocenters. The third-order valence-electron chi connectivity index (χ3n) is 3.06. The molecule has 1 heterocycles. The number of aromatic nitrogens is 2. The second-order valence-electron chi connectivity index (χ2n) is 5.79. The van der Waals surface area contributed by atoms with Crippen molar-refractivity contribution >= 4 is 0 Å². The van der Waals surface area contributed by atoms with Crippen molar-refractivity contribution in [2.24, 2.45) is 7.05 Å². The summed E-state index contributed by atoms with van der Waals surface area (Å²) in [5.74, 6) is 0.286. The third-order valence-corrected chi connectivity index (χ3v) is 3.06. The Morgan fingerprint density at radius 3 is 2.11 bits per heavy atom. The molecular formula is C15H20N2O. The first-order chi connectivity index (χ1) is 8.30. The standard InChI is InChI=1S/C15H20N2O/c1-10-6-8-11(9-7-10)12-13(18)14(15(2,3)4)17(5)16-12/h6-9,18H,1-5H3. The summed E-state index contributed by atoms with van der Waals surface area (Å²) in [5.41, 5.74) is 3.53. The van der Waals surface area contributed by atoms with E-state index in [1.165, 1.54) is 5.56 Å². The average Bonchev–Trinajstić information content (AvgIpc) is 2.54. The van der Waals surface area contributed by atoms with Crippen molar-refractivity contribution in [1.82, 2.24) is 9.78 Å². The minimum Gasteiger partial charge on any atom is -0.504 e. The van der Waals surface area contributed by atoms with E-state index in [4.69, 9.17) is 0 Å². The van der Waals surface area contributed by atoms with Gasteiger partial charge in [-0.25, -0.2) is 0 Å². The molecule has 0 radical (unpaired) electrons. The van der Waals surface area contributed by atoms with Crippen LogP contribution in [0.3, 0.4) is 0 Å². The zero-order valence-corrected chi connectivity index (χ0v) is 11.7. The van der Waals surface area contributed by atoms with Crippen LogP contribution in [-0.4, -0.2) is 14.9 Å². The number of benzene rings is 1. The van der Waals surface area contributed by atoms with Crippen LogP contribution in [0.4, 0.5) is 0 Å². The van der Waals surface area contributed by atoms with Gasteiger partial charge in [0.2, 0.25) is 0 Å². The van der Waals surface area contributed by atoms with Crippen molar-refractivity contribution in [2.75, 3.05) is 0 Å². The summed E-state index contributed by atoms with van der Waals surface area (Å²) in [6.45, 7) is 8.26. The van der Waals surface area contributed by atoms with Gasteiger partial charge in [0.25, 0.3) is 0 Å². The maximum atomic E-state index is 10.4. The molecule has 96 valence electrons. The van der Waals surface area contributed by atoms with Crippen molar-refractivity contribution in [2.45, 2.75) is 33.1 Å². The Kier molecular flexibility index (Phi) is 2.93. The molecule has 0 saturated carbocycles. The highest BCUT2D eigenvalue weighted by atomic mass is 16.3. The molecule has 2 rings (SSSR count). The van der Waals surface area contributed by atoms with Crippen LogP contribution in [0.1, 0.15) is 32.0 Å². The molecule has 1 aromatic carbocycles. The molecule has 0 aliphatic carbocycles. The molecule has 0 spiro atoms. The van der Waals surface area contributed by atoms with E-state index in [1.54, 1.807) is 4.68 Å². The molecule has 18 heavy (non-hydrogen) atoms. The summed E-state index contributed by atoms with van der Waals surface area (Å²) in [6.07, 6.45) is 0. The predicted octanol–water partition coefficient (Wildman–Crippen LogP) is 3.40. The topological polar surface area (TPSA) is 38.0 Å². The zero-order chi connectivity index (χ0) is 13.5. The van der Waals surface area contributed by atoms with Crippen LogP contribution in [0.5, 0.6) is 5.75 Å². The number of nitrogens with zero attached hydrogens (tertiary/aromatic N) is 2. The summed E-state index contributed by atoms with van der Waals surface area (Å²) in [5, 5.41) is 14.8. The molecule has 3 nitrogen and oxygen atoms in total. The van der Waals surface area contributed by atoms with Gasteiger partial charge in [-0.3, -0.25) is 4.68 Å². The van der Waals surface area contributed by atoms with Gasteiger partial charge in [-0.2, -0.15) is 5.10 Å². The molecule has 3 heteroatoms. The summed E-state index contributed by atoms with van der Waals surface area (Å²) in [4.78, 5) is 0. The van der Waals surface area contributed by atoms with E-state index in [9.17, 15) is 5.11 Å². The van der Waals surface area contributed by atoms with E-state index in [-0.39, 0.29) is 11.2 Å². The quantitative estimate of drug-likeness (QED) is 0.835. The fourth-order valence-electron chi connectivity index (χ4n) is 2.26. The second kappa shape index (κ2) is 4.16. The normalized spacial score (nSPS) is 11.8. The van der Waals surface area contributed by atoms with Gasteiger partial charge in [-0.15, -0.1) is 0 Å². The minimum absolute atomic E-state index is 0.130. The monoisotopic (exact) mass is 244 g/mol. The van der Waals surface area contributed by atoms with E-state index < -0.39 is 0 Å². The van der Waals surface area contributed by atoms with Gasteiger partial charge >= 0.3 is 0 Å². The van der Waals surface area contributed by atoms with Crippen LogP contribution in [-0.2, 0) is 12.5 Å². The fraction of sp³-hybridized carbons (Fsp3) is 0.400. The molecule has 0 aliphatic rings. The summed E-state index contributed by atoms with van der Waals surface area (Å²) in [6, 6.07) is 8.04. The van der Waals surface area contributed by atoms with Gasteiger partial charge in [0.05, 0.1) is 5.69 Å².